The molecule has 0 aliphatic carbocycles. The van der Waals surface area contributed by atoms with Crippen molar-refractivity contribution >= 4 is 27.8 Å². The van der Waals surface area contributed by atoms with E-state index in [1.54, 1.807) is 13.1 Å². The number of benzene rings is 1. The van der Waals surface area contributed by atoms with Crippen LogP contribution in [0.15, 0.2) is 27.7 Å². The second-order valence-corrected chi connectivity index (χ2v) is 5.35. The van der Waals surface area contributed by atoms with Gasteiger partial charge in [0.25, 0.3) is 0 Å². The molecule has 0 unspecified atom stereocenters. The topological polar surface area (TPSA) is 58.7 Å². The fraction of sp³-hybridized carbons (Fsp3) is 0.333. The van der Waals surface area contributed by atoms with Crippen LogP contribution in [0.5, 0.6) is 0 Å². The van der Waals surface area contributed by atoms with Crippen LogP contribution >= 0.6 is 15.9 Å². The number of aliphatic imine (C=N–C) groups is 1. The Labute approximate surface area is 113 Å². The van der Waals surface area contributed by atoms with Gasteiger partial charge in [0.1, 0.15) is 5.82 Å². The Morgan fingerprint density at radius 3 is 2.78 bits per heavy atom. The van der Waals surface area contributed by atoms with Crippen molar-refractivity contribution in [2.24, 2.45) is 10.7 Å². The number of amides is 1. The first-order valence-electron chi connectivity index (χ1n) is 5.41. The van der Waals surface area contributed by atoms with Crippen LogP contribution in [0.3, 0.4) is 0 Å². The fourth-order valence-electron chi connectivity index (χ4n) is 1.99. The van der Waals surface area contributed by atoms with Crippen molar-refractivity contribution in [2.75, 3.05) is 7.05 Å². The van der Waals surface area contributed by atoms with Crippen LogP contribution in [-0.2, 0) is 10.3 Å². The van der Waals surface area contributed by atoms with E-state index in [1.165, 1.54) is 17.0 Å². The van der Waals surface area contributed by atoms with Gasteiger partial charge >= 0.3 is 0 Å². The number of hydrogen-bond acceptors (Lipinski definition) is 3. The number of carbonyl (C=O) groups is 1. The zero-order valence-electron chi connectivity index (χ0n) is 10.1. The molecule has 0 saturated carbocycles. The maximum absolute atomic E-state index is 13.1. The number of guanidine groups is 1. The molecule has 1 aliphatic rings. The van der Waals surface area contributed by atoms with E-state index >= 15 is 0 Å². The Morgan fingerprint density at radius 2 is 2.22 bits per heavy atom. The molecular weight excluding hydrogens is 301 g/mol. The van der Waals surface area contributed by atoms with Crippen LogP contribution in [0.2, 0.25) is 0 Å². The molecule has 0 saturated heterocycles. The van der Waals surface area contributed by atoms with Gasteiger partial charge in [-0.1, -0.05) is 22.0 Å². The number of nitrogens with zero attached hydrogens (tertiary/aromatic N) is 2. The molecule has 0 fully saturated rings. The van der Waals surface area contributed by atoms with Gasteiger partial charge in [0.2, 0.25) is 5.91 Å². The zero-order chi connectivity index (χ0) is 13.5. The number of rotatable bonds is 1. The Kier molecular flexibility index (Phi) is 3.14. The predicted octanol–water partition coefficient (Wildman–Crippen LogP) is 1.98. The molecule has 0 aromatic heterocycles. The highest BCUT2D eigenvalue weighted by molar-refractivity contribution is 9.10. The van der Waals surface area contributed by atoms with E-state index in [4.69, 9.17) is 5.73 Å². The SMILES string of the molecule is CN1C(=O)C[C@@](C)(c2ccc(F)cc2Br)N=C1N. The summed E-state index contributed by atoms with van der Waals surface area (Å²) in [7, 11) is 1.58. The van der Waals surface area contributed by atoms with Gasteiger partial charge in [-0.25, -0.2) is 9.38 Å². The van der Waals surface area contributed by atoms with E-state index in [9.17, 15) is 9.18 Å². The summed E-state index contributed by atoms with van der Waals surface area (Å²) in [5.74, 6) is -0.281. The highest BCUT2D eigenvalue weighted by Crippen LogP contribution is 2.37. The van der Waals surface area contributed by atoms with Gasteiger partial charge in [-0.2, -0.15) is 0 Å². The maximum atomic E-state index is 13.1. The molecule has 1 aromatic rings. The minimum Gasteiger partial charge on any atom is -0.369 e. The molecular formula is C12H13BrFN3O. The lowest BCUT2D eigenvalue weighted by Gasteiger charge is -2.34. The third-order valence-electron chi connectivity index (χ3n) is 3.09. The molecule has 1 atom stereocenters. The summed E-state index contributed by atoms with van der Waals surface area (Å²) >= 11 is 3.30. The number of nitrogens with two attached hydrogens (primary N) is 1. The molecule has 1 amide bonds. The van der Waals surface area contributed by atoms with Crippen LogP contribution in [-0.4, -0.2) is 23.8 Å². The first-order chi connectivity index (χ1) is 8.33. The minimum absolute atomic E-state index is 0.110. The lowest BCUT2D eigenvalue weighted by molar-refractivity contribution is -0.128. The van der Waals surface area contributed by atoms with Gasteiger partial charge < -0.3 is 5.73 Å². The van der Waals surface area contributed by atoms with Crippen molar-refractivity contribution in [3.63, 3.8) is 0 Å². The lowest BCUT2D eigenvalue weighted by atomic mass is 9.87. The van der Waals surface area contributed by atoms with Crippen molar-refractivity contribution in [3.8, 4) is 0 Å². The average molecular weight is 314 g/mol. The monoisotopic (exact) mass is 313 g/mol. The highest BCUT2D eigenvalue weighted by atomic mass is 79.9. The third kappa shape index (κ3) is 2.12. The molecule has 2 N–H and O–H groups in total. The summed E-state index contributed by atoms with van der Waals surface area (Å²) in [4.78, 5) is 17.5. The van der Waals surface area contributed by atoms with E-state index in [-0.39, 0.29) is 24.1 Å². The molecule has 0 radical (unpaired) electrons. The van der Waals surface area contributed by atoms with Gasteiger partial charge in [0.05, 0.1) is 12.0 Å². The Balaban J connectivity index is 2.52. The summed E-state index contributed by atoms with van der Waals surface area (Å²) in [6, 6.07) is 4.32. The Morgan fingerprint density at radius 1 is 1.56 bits per heavy atom. The first-order valence-corrected chi connectivity index (χ1v) is 6.20. The van der Waals surface area contributed by atoms with Crippen molar-refractivity contribution in [2.45, 2.75) is 18.9 Å². The lowest BCUT2D eigenvalue weighted by Crippen LogP contribution is -2.47. The van der Waals surface area contributed by atoms with E-state index in [2.05, 4.69) is 20.9 Å². The fourth-order valence-corrected chi connectivity index (χ4v) is 2.77. The van der Waals surface area contributed by atoms with Gasteiger partial charge in [0.15, 0.2) is 5.96 Å². The van der Waals surface area contributed by atoms with Crippen molar-refractivity contribution in [1.82, 2.24) is 4.90 Å². The van der Waals surface area contributed by atoms with Gasteiger partial charge in [-0.3, -0.25) is 9.69 Å². The summed E-state index contributed by atoms with van der Waals surface area (Å²) in [6.45, 7) is 1.81. The molecule has 6 heteroatoms. The summed E-state index contributed by atoms with van der Waals surface area (Å²) in [6.07, 6.45) is 0.203. The van der Waals surface area contributed by atoms with Crippen LogP contribution in [0.25, 0.3) is 0 Å². The van der Waals surface area contributed by atoms with Gasteiger partial charge in [-0.05, 0) is 24.6 Å². The quantitative estimate of drug-likeness (QED) is 0.862. The molecule has 1 aliphatic heterocycles. The van der Waals surface area contributed by atoms with Gasteiger partial charge in [0, 0.05) is 11.5 Å². The summed E-state index contributed by atoms with van der Waals surface area (Å²) in [5.41, 5.74) is 5.71. The number of halogens is 2. The summed E-state index contributed by atoms with van der Waals surface area (Å²) < 4.78 is 13.7. The van der Waals surface area contributed by atoms with E-state index in [0.717, 1.165) is 5.56 Å². The second kappa shape index (κ2) is 4.35. The van der Waals surface area contributed by atoms with Crippen LogP contribution in [0, 0.1) is 5.82 Å². The van der Waals surface area contributed by atoms with Crippen LogP contribution < -0.4 is 5.73 Å². The molecule has 2 rings (SSSR count). The van der Waals surface area contributed by atoms with Crippen molar-refractivity contribution < 1.29 is 9.18 Å². The molecule has 4 nitrogen and oxygen atoms in total. The zero-order valence-corrected chi connectivity index (χ0v) is 11.7. The smallest absolute Gasteiger partial charge is 0.231 e. The number of hydrogen-bond donors (Lipinski definition) is 1. The third-order valence-corrected chi connectivity index (χ3v) is 3.74. The largest absolute Gasteiger partial charge is 0.369 e. The van der Waals surface area contributed by atoms with Gasteiger partial charge in [-0.15, -0.1) is 0 Å². The molecule has 18 heavy (non-hydrogen) atoms. The van der Waals surface area contributed by atoms with Crippen molar-refractivity contribution in [3.05, 3.63) is 34.1 Å². The summed E-state index contributed by atoms with van der Waals surface area (Å²) in [5, 5.41) is 0. The standard InChI is InChI=1S/C12H13BrFN3O/c1-12(6-10(18)17(2)11(15)16-12)8-4-3-7(14)5-9(8)13/h3-5H,6H2,1-2H3,(H2,15,16)/t12-/m0/s1. The number of carbonyl (C=O) groups excluding carboxylic acids is 1. The average Bonchev–Trinajstić information content (AvgIpc) is 2.25. The molecule has 1 heterocycles. The molecule has 1 aromatic carbocycles. The van der Waals surface area contributed by atoms with E-state index < -0.39 is 5.54 Å². The second-order valence-electron chi connectivity index (χ2n) is 4.50. The van der Waals surface area contributed by atoms with E-state index in [0.29, 0.717) is 4.47 Å². The maximum Gasteiger partial charge on any atom is 0.231 e. The first kappa shape index (κ1) is 13.0. The van der Waals surface area contributed by atoms with Crippen LogP contribution in [0.4, 0.5) is 4.39 Å². The molecule has 96 valence electrons. The predicted molar refractivity (Wildman–Crippen MR) is 70.5 cm³/mol. The Bertz CT molecular complexity index is 546. The molecule has 0 bridgehead atoms. The Hall–Kier alpha value is -1.43. The van der Waals surface area contributed by atoms with E-state index in [1.807, 2.05) is 6.92 Å². The molecule has 0 spiro atoms. The minimum atomic E-state index is -0.764. The highest BCUT2D eigenvalue weighted by Gasteiger charge is 2.37. The normalized spacial score (nSPS) is 24.1. The van der Waals surface area contributed by atoms with Crippen LogP contribution in [0.1, 0.15) is 18.9 Å². The van der Waals surface area contributed by atoms with Crippen molar-refractivity contribution in [1.29, 1.82) is 0 Å².